The summed E-state index contributed by atoms with van der Waals surface area (Å²) in [5, 5.41) is 0. The fourth-order valence-corrected chi connectivity index (χ4v) is 4.29. The van der Waals surface area contributed by atoms with Gasteiger partial charge in [0.05, 0.1) is 0 Å². The van der Waals surface area contributed by atoms with Crippen molar-refractivity contribution >= 4 is 5.78 Å². The second-order valence-electron chi connectivity index (χ2n) is 5.68. The second kappa shape index (κ2) is 1.51. The van der Waals surface area contributed by atoms with Crippen LogP contribution in [-0.4, -0.2) is 5.78 Å². The molecule has 2 unspecified atom stereocenters. The summed E-state index contributed by atoms with van der Waals surface area (Å²) < 4.78 is 0. The molecule has 0 aromatic carbocycles. The number of hydrogen-bond donors (Lipinski definition) is 0. The fourth-order valence-electron chi connectivity index (χ4n) is 4.29. The predicted octanol–water partition coefficient (Wildman–Crippen LogP) is 2.26. The van der Waals surface area contributed by atoms with Gasteiger partial charge in [0.25, 0.3) is 0 Å². The summed E-state index contributed by atoms with van der Waals surface area (Å²) in [6, 6.07) is 0. The molecule has 12 heavy (non-hydrogen) atoms. The van der Waals surface area contributed by atoms with Gasteiger partial charge in [-0.15, -0.1) is 0 Å². The number of fused-ring (bicyclic) bond motifs is 1. The number of ketones is 1. The molecule has 2 bridgehead atoms. The summed E-state index contributed by atoms with van der Waals surface area (Å²) in [5.74, 6) is 2.31. The van der Waals surface area contributed by atoms with Crippen LogP contribution in [0.1, 0.15) is 33.6 Å². The standard InChI is InChI=1S/C11H16O/c1-10(2)6-4-7-9(12)8(5-6)11(7,10)3/h6-8H,4-5H2,1-3H3. The summed E-state index contributed by atoms with van der Waals surface area (Å²) >= 11 is 0. The first kappa shape index (κ1) is 7.11. The third-order valence-electron chi connectivity index (χ3n) is 5.58. The van der Waals surface area contributed by atoms with Gasteiger partial charge in [-0.3, -0.25) is 4.79 Å². The van der Waals surface area contributed by atoms with Crippen molar-refractivity contribution in [3.63, 3.8) is 0 Å². The number of hydrogen-bond acceptors (Lipinski definition) is 1. The van der Waals surface area contributed by atoms with Gasteiger partial charge >= 0.3 is 0 Å². The zero-order valence-electron chi connectivity index (χ0n) is 8.05. The Balaban J connectivity index is 2.15. The minimum absolute atomic E-state index is 0.384. The first-order valence-corrected chi connectivity index (χ1v) is 5.03. The van der Waals surface area contributed by atoms with Gasteiger partial charge in [0.1, 0.15) is 5.78 Å². The van der Waals surface area contributed by atoms with E-state index in [0.717, 1.165) is 5.92 Å². The summed E-state index contributed by atoms with van der Waals surface area (Å²) in [7, 11) is 0. The molecule has 0 radical (unpaired) electrons. The zero-order chi connectivity index (χ0) is 8.72. The molecule has 0 heterocycles. The van der Waals surface area contributed by atoms with Crippen LogP contribution in [0.3, 0.4) is 0 Å². The van der Waals surface area contributed by atoms with Crippen molar-refractivity contribution in [2.24, 2.45) is 28.6 Å². The molecule has 3 aliphatic carbocycles. The number of carbonyl (C=O) groups excluding carboxylic acids is 1. The van der Waals surface area contributed by atoms with Crippen LogP contribution in [-0.2, 0) is 4.79 Å². The van der Waals surface area contributed by atoms with Crippen LogP contribution in [0, 0.1) is 28.6 Å². The Kier molecular flexibility index (Phi) is 0.897. The molecule has 3 aliphatic rings. The second-order valence-corrected chi connectivity index (χ2v) is 5.68. The molecular weight excluding hydrogens is 148 g/mol. The van der Waals surface area contributed by atoms with Crippen molar-refractivity contribution in [2.75, 3.05) is 0 Å². The highest BCUT2D eigenvalue weighted by Crippen LogP contribution is 2.77. The van der Waals surface area contributed by atoms with Gasteiger partial charge in [-0.2, -0.15) is 0 Å². The fraction of sp³-hybridized carbons (Fsp3) is 0.909. The van der Waals surface area contributed by atoms with Gasteiger partial charge in [-0.25, -0.2) is 0 Å². The van der Waals surface area contributed by atoms with Crippen LogP contribution in [0.5, 0.6) is 0 Å². The van der Waals surface area contributed by atoms with E-state index in [-0.39, 0.29) is 0 Å². The van der Waals surface area contributed by atoms with Crippen LogP contribution in [0.25, 0.3) is 0 Å². The van der Waals surface area contributed by atoms with E-state index in [1.807, 2.05) is 0 Å². The van der Waals surface area contributed by atoms with Crippen molar-refractivity contribution in [3.05, 3.63) is 0 Å². The average molecular weight is 164 g/mol. The van der Waals surface area contributed by atoms with E-state index in [4.69, 9.17) is 0 Å². The molecule has 3 saturated carbocycles. The van der Waals surface area contributed by atoms with Gasteiger partial charge in [-0.05, 0) is 29.6 Å². The average Bonchev–Trinajstić information content (AvgIpc) is 2.30. The SMILES string of the molecule is CC1(C)C2CC3C(=O)C(C2)C31C. The first-order valence-electron chi connectivity index (χ1n) is 5.03. The molecule has 1 nitrogen and oxygen atoms in total. The molecular formula is C11H16O. The highest BCUT2D eigenvalue weighted by molar-refractivity contribution is 5.94. The molecule has 0 N–H and O–H groups in total. The molecule has 0 amide bonds. The van der Waals surface area contributed by atoms with Crippen LogP contribution in [0.2, 0.25) is 0 Å². The van der Waals surface area contributed by atoms with E-state index < -0.39 is 0 Å². The first-order chi connectivity index (χ1) is 5.49. The smallest absolute Gasteiger partial charge is 0.140 e. The summed E-state index contributed by atoms with van der Waals surface area (Å²) in [6.07, 6.45) is 2.39. The lowest BCUT2D eigenvalue weighted by Gasteiger charge is -2.52. The highest BCUT2D eigenvalue weighted by atomic mass is 16.1. The largest absolute Gasteiger partial charge is 0.299 e. The summed E-state index contributed by atoms with van der Waals surface area (Å²) in [4.78, 5) is 11.6. The Morgan fingerprint density at radius 1 is 1.17 bits per heavy atom. The maximum absolute atomic E-state index is 11.6. The topological polar surface area (TPSA) is 17.1 Å². The molecule has 0 aliphatic heterocycles. The van der Waals surface area contributed by atoms with E-state index in [2.05, 4.69) is 20.8 Å². The maximum Gasteiger partial charge on any atom is 0.140 e. The Hall–Kier alpha value is -0.330. The van der Waals surface area contributed by atoms with Crippen molar-refractivity contribution < 1.29 is 4.79 Å². The van der Waals surface area contributed by atoms with Crippen LogP contribution >= 0.6 is 0 Å². The normalized spacial score (nSPS) is 58.9. The summed E-state index contributed by atoms with van der Waals surface area (Å²) in [5.41, 5.74) is 0.824. The van der Waals surface area contributed by atoms with E-state index in [1.54, 1.807) is 0 Å². The zero-order valence-corrected chi connectivity index (χ0v) is 8.05. The Morgan fingerprint density at radius 3 is 1.92 bits per heavy atom. The van der Waals surface area contributed by atoms with Crippen LogP contribution in [0.15, 0.2) is 0 Å². The number of Topliss-reactive ketones (excluding diaryl/α,β-unsaturated/α-hetero) is 1. The minimum Gasteiger partial charge on any atom is -0.299 e. The van der Waals surface area contributed by atoms with E-state index >= 15 is 0 Å². The lowest BCUT2D eigenvalue weighted by atomic mass is 9.50. The molecule has 0 spiro atoms. The predicted molar refractivity (Wildman–Crippen MR) is 46.6 cm³/mol. The maximum atomic E-state index is 11.6. The van der Waals surface area contributed by atoms with Gasteiger partial charge in [-0.1, -0.05) is 20.8 Å². The van der Waals surface area contributed by atoms with E-state index in [1.165, 1.54) is 12.8 Å². The molecule has 0 aromatic heterocycles. The molecule has 3 rings (SSSR count). The molecule has 0 saturated heterocycles. The van der Waals surface area contributed by atoms with Crippen molar-refractivity contribution in [3.8, 4) is 0 Å². The molecule has 66 valence electrons. The van der Waals surface area contributed by atoms with Crippen molar-refractivity contribution in [1.29, 1.82) is 0 Å². The van der Waals surface area contributed by atoms with Crippen LogP contribution in [0.4, 0.5) is 0 Å². The van der Waals surface area contributed by atoms with E-state index in [9.17, 15) is 4.79 Å². The molecule has 0 aromatic rings. The van der Waals surface area contributed by atoms with Gasteiger partial charge in [0.15, 0.2) is 0 Å². The van der Waals surface area contributed by atoms with Gasteiger partial charge in [0, 0.05) is 11.8 Å². The van der Waals surface area contributed by atoms with Crippen molar-refractivity contribution in [2.45, 2.75) is 33.6 Å². The van der Waals surface area contributed by atoms with Crippen molar-refractivity contribution in [1.82, 2.24) is 0 Å². The molecule has 2 atom stereocenters. The third kappa shape index (κ3) is 0.399. The highest BCUT2D eigenvalue weighted by Gasteiger charge is 2.76. The number of rotatable bonds is 0. The van der Waals surface area contributed by atoms with Gasteiger partial charge < -0.3 is 0 Å². The van der Waals surface area contributed by atoms with E-state index in [0.29, 0.717) is 28.4 Å². The lowest BCUT2D eigenvalue weighted by Crippen LogP contribution is -2.56. The summed E-state index contributed by atoms with van der Waals surface area (Å²) in [6.45, 7) is 7.07. The minimum atomic E-state index is 0.384. The quantitative estimate of drug-likeness (QED) is 0.536. The number of carbonyl (C=O) groups is 1. The lowest BCUT2D eigenvalue weighted by molar-refractivity contribution is -0.156. The molecule has 3 fully saturated rings. The molecule has 1 heteroatoms. The Labute approximate surface area is 73.5 Å². The monoisotopic (exact) mass is 164 g/mol. The van der Waals surface area contributed by atoms with Gasteiger partial charge in [0.2, 0.25) is 0 Å². The third-order valence-corrected chi connectivity index (χ3v) is 5.58. The Bertz CT molecular complexity index is 261. The van der Waals surface area contributed by atoms with Crippen LogP contribution < -0.4 is 0 Å². The Morgan fingerprint density at radius 2 is 1.67 bits per heavy atom.